The lowest BCUT2D eigenvalue weighted by Crippen LogP contribution is -2.60. The van der Waals surface area contributed by atoms with E-state index in [1.807, 2.05) is 55.5 Å². The molecular weight excluding hydrogens is 362 g/mol. The number of carbonyl (C=O) groups is 2. The molecule has 0 bridgehead atoms. The number of aromatic amines is 1. The van der Waals surface area contributed by atoms with Crippen molar-refractivity contribution >= 4 is 22.7 Å². The third-order valence-corrected chi connectivity index (χ3v) is 6.44. The van der Waals surface area contributed by atoms with Crippen molar-refractivity contribution in [3.05, 3.63) is 65.5 Å². The first-order valence-electron chi connectivity index (χ1n) is 10.4. The quantitative estimate of drug-likeness (QED) is 0.675. The number of carbonyl (C=O) groups excluding carboxylic acids is 2. The van der Waals surface area contributed by atoms with Crippen LogP contribution in [0.3, 0.4) is 0 Å². The lowest BCUT2D eigenvalue weighted by atomic mass is 9.72. The Hall–Kier alpha value is -2.95. The van der Waals surface area contributed by atoms with Gasteiger partial charge in [-0.15, -0.1) is 0 Å². The Kier molecular flexibility index (Phi) is 4.26. The van der Waals surface area contributed by atoms with E-state index in [2.05, 4.69) is 15.3 Å². The first kappa shape index (κ1) is 18.1. The van der Waals surface area contributed by atoms with Gasteiger partial charge in [-0.25, -0.2) is 4.98 Å². The Morgan fingerprint density at radius 2 is 2.00 bits per heavy atom. The number of nitrogens with zero attached hydrogens (tertiary/aromatic N) is 1. The Morgan fingerprint density at radius 1 is 1.17 bits per heavy atom. The van der Waals surface area contributed by atoms with Crippen LogP contribution >= 0.6 is 0 Å². The number of aryl methyl sites for hydroxylation is 1. The maximum Gasteiger partial charge on any atom is 0.224 e. The number of para-hydroxylation sites is 2. The van der Waals surface area contributed by atoms with Gasteiger partial charge in [0.15, 0.2) is 5.78 Å². The predicted octanol–water partition coefficient (Wildman–Crippen LogP) is 3.83. The van der Waals surface area contributed by atoms with Crippen molar-refractivity contribution in [1.82, 2.24) is 15.3 Å². The number of H-pyrrole nitrogens is 1. The second kappa shape index (κ2) is 6.83. The van der Waals surface area contributed by atoms with Gasteiger partial charge in [-0.05, 0) is 50.3 Å². The molecule has 2 fully saturated rings. The summed E-state index contributed by atoms with van der Waals surface area (Å²) in [5.74, 6) is 1.02. The molecule has 2 saturated carbocycles. The predicted molar refractivity (Wildman–Crippen MR) is 112 cm³/mol. The number of fused-ring (bicyclic) bond motifs is 1. The van der Waals surface area contributed by atoms with Crippen molar-refractivity contribution in [2.45, 2.75) is 50.5 Å². The van der Waals surface area contributed by atoms with Gasteiger partial charge < -0.3 is 10.3 Å². The number of amides is 1. The van der Waals surface area contributed by atoms with E-state index in [1.54, 1.807) is 0 Å². The first-order valence-corrected chi connectivity index (χ1v) is 10.4. The monoisotopic (exact) mass is 387 g/mol. The second-order valence-electron chi connectivity index (χ2n) is 8.60. The van der Waals surface area contributed by atoms with Crippen molar-refractivity contribution in [2.75, 3.05) is 0 Å². The summed E-state index contributed by atoms with van der Waals surface area (Å²) in [5, 5.41) is 3.13. The molecule has 1 aromatic heterocycles. The smallest absolute Gasteiger partial charge is 0.224 e. The van der Waals surface area contributed by atoms with Gasteiger partial charge in [0.25, 0.3) is 0 Å². The largest absolute Gasteiger partial charge is 0.343 e. The third kappa shape index (κ3) is 3.35. The minimum absolute atomic E-state index is 0.00671. The molecule has 1 amide bonds. The standard InChI is InChI=1S/C24H25N3O2/c1-15-6-4-7-16(12-15)13-21(28)24(10-5-11-24)27-23(29)18-14-17(18)22-25-19-8-2-3-9-20(19)26-22/h2-4,6-9,12,17-18H,5,10-11,13-14H2,1H3,(H,25,26)(H,27,29)/t17-,18-/m0/s1. The molecular formula is C24H25N3O2. The molecule has 2 N–H and O–H groups in total. The maximum absolute atomic E-state index is 13.0. The highest BCUT2D eigenvalue weighted by atomic mass is 16.2. The van der Waals surface area contributed by atoms with Gasteiger partial charge in [0.2, 0.25) is 5.91 Å². The van der Waals surface area contributed by atoms with Crippen LogP contribution in [-0.2, 0) is 16.0 Å². The summed E-state index contributed by atoms with van der Waals surface area (Å²) < 4.78 is 0. The summed E-state index contributed by atoms with van der Waals surface area (Å²) in [6.07, 6.45) is 3.63. The molecule has 2 aliphatic carbocycles. The molecule has 0 aliphatic heterocycles. The molecule has 0 radical (unpaired) electrons. The second-order valence-corrected chi connectivity index (χ2v) is 8.60. The van der Waals surface area contributed by atoms with Crippen molar-refractivity contribution in [2.24, 2.45) is 5.92 Å². The number of hydrogen-bond donors (Lipinski definition) is 2. The molecule has 3 aromatic rings. The first-order chi connectivity index (χ1) is 14.0. The van der Waals surface area contributed by atoms with Gasteiger partial charge in [-0.2, -0.15) is 0 Å². The number of nitrogens with one attached hydrogen (secondary N) is 2. The summed E-state index contributed by atoms with van der Waals surface area (Å²) in [5.41, 5.74) is 3.41. The van der Waals surface area contributed by atoms with Crippen LogP contribution in [0.5, 0.6) is 0 Å². The number of rotatable bonds is 6. The fraction of sp³-hybridized carbons (Fsp3) is 0.375. The van der Waals surface area contributed by atoms with Crippen LogP contribution < -0.4 is 5.32 Å². The molecule has 2 aliphatic rings. The molecule has 2 atom stereocenters. The summed E-state index contributed by atoms with van der Waals surface area (Å²) in [6, 6.07) is 15.9. The summed E-state index contributed by atoms with van der Waals surface area (Å²) >= 11 is 0. The average molecular weight is 387 g/mol. The van der Waals surface area contributed by atoms with Crippen LogP contribution in [0, 0.1) is 12.8 Å². The number of aromatic nitrogens is 2. The molecule has 1 heterocycles. The van der Waals surface area contributed by atoms with E-state index in [9.17, 15) is 9.59 Å². The Bertz CT molecular complexity index is 1060. The molecule has 5 rings (SSSR count). The van der Waals surface area contributed by atoms with Crippen LogP contribution in [-0.4, -0.2) is 27.2 Å². The Balaban J connectivity index is 1.26. The van der Waals surface area contributed by atoms with Crippen molar-refractivity contribution in [3.63, 3.8) is 0 Å². The zero-order chi connectivity index (χ0) is 20.0. The summed E-state index contributed by atoms with van der Waals surface area (Å²) in [4.78, 5) is 33.9. The molecule has 5 heteroatoms. The molecule has 2 aromatic carbocycles. The number of imidazole rings is 1. The molecule has 0 unspecified atom stereocenters. The SMILES string of the molecule is Cc1cccc(CC(=O)C2(NC(=O)[C@H]3C[C@@H]3c3nc4ccccc4[nH]3)CCC2)c1. The highest BCUT2D eigenvalue weighted by Gasteiger charge is 2.51. The molecule has 0 saturated heterocycles. The number of hydrogen-bond acceptors (Lipinski definition) is 3. The summed E-state index contributed by atoms with van der Waals surface area (Å²) in [6.45, 7) is 2.03. The normalized spacial score (nSPS) is 22.1. The number of ketones is 1. The van der Waals surface area contributed by atoms with Crippen molar-refractivity contribution < 1.29 is 9.59 Å². The van der Waals surface area contributed by atoms with E-state index >= 15 is 0 Å². The topological polar surface area (TPSA) is 74.8 Å². The molecule has 0 spiro atoms. The zero-order valence-corrected chi connectivity index (χ0v) is 16.6. The van der Waals surface area contributed by atoms with Gasteiger partial charge in [0.1, 0.15) is 5.82 Å². The maximum atomic E-state index is 13.0. The minimum atomic E-state index is -0.679. The number of benzene rings is 2. The van der Waals surface area contributed by atoms with Gasteiger partial charge in [0.05, 0.1) is 16.6 Å². The fourth-order valence-corrected chi connectivity index (χ4v) is 4.44. The van der Waals surface area contributed by atoms with Crippen LogP contribution in [0.25, 0.3) is 11.0 Å². The van der Waals surface area contributed by atoms with Crippen LogP contribution in [0.2, 0.25) is 0 Å². The highest BCUT2D eigenvalue weighted by Crippen LogP contribution is 2.47. The number of Topliss-reactive ketones (excluding diaryl/α,β-unsaturated/α-hetero) is 1. The van der Waals surface area contributed by atoms with E-state index in [1.165, 1.54) is 0 Å². The van der Waals surface area contributed by atoms with Crippen LogP contribution in [0.15, 0.2) is 48.5 Å². The highest BCUT2D eigenvalue weighted by molar-refractivity contribution is 5.96. The summed E-state index contributed by atoms with van der Waals surface area (Å²) in [7, 11) is 0. The Labute approximate surface area is 169 Å². The van der Waals surface area contributed by atoms with E-state index < -0.39 is 5.54 Å². The van der Waals surface area contributed by atoms with Gasteiger partial charge in [-0.1, -0.05) is 42.0 Å². The van der Waals surface area contributed by atoms with E-state index in [0.717, 1.165) is 53.7 Å². The van der Waals surface area contributed by atoms with Crippen molar-refractivity contribution in [1.29, 1.82) is 0 Å². The fourth-order valence-electron chi connectivity index (χ4n) is 4.44. The van der Waals surface area contributed by atoms with Gasteiger partial charge in [-0.3, -0.25) is 9.59 Å². The molecule has 148 valence electrons. The van der Waals surface area contributed by atoms with Crippen LogP contribution in [0.1, 0.15) is 48.6 Å². The lowest BCUT2D eigenvalue weighted by molar-refractivity contribution is -0.135. The third-order valence-electron chi connectivity index (χ3n) is 6.44. The Morgan fingerprint density at radius 3 is 2.72 bits per heavy atom. The van der Waals surface area contributed by atoms with E-state index in [-0.39, 0.29) is 23.5 Å². The zero-order valence-electron chi connectivity index (χ0n) is 16.6. The van der Waals surface area contributed by atoms with Crippen molar-refractivity contribution in [3.8, 4) is 0 Å². The minimum Gasteiger partial charge on any atom is -0.343 e. The van der Waals surface area contributed by atoms with Crippen LogP contribution in [0.4, 0.5) is 0 Å². The molecule has 5 nitrogen and oxygen atoms in total. The van der Waals surface area contributed by atoms with E-state index in [0.29, 0.717) is 6.42 Å². The molecule has 29 heavy (non-hydrogen) atoms. The van der Waals surface area contributed by atoms with E-state index in [4.69, 9.17) is 0 Å². The average Bonchev–Trinajstić information content (AvgIpc) is 3.36. The van der Waals surface area contributed by atoms with Gasteiger partial charge in [0, 0.05) is 18.3 Å². The lowest BCUT2D eigenvalue weighted by Gasteiger charge is -2.41. The van der Waals surface area contributed by atoms with Gasteiger partial charge >= 0.3 is 0 Å².